The van der Waals surface area contributed by atoms with Gasteiger partial charge in [-0.05, 0) is 12.5 Å². The van der Waals surface area contributed by atoms with E-state index in [0.717, 1.165) is 32.7 Å². The minimum absolute atomic E-state index is 0.0825. The van der Waals surface area contributed by atoms with Gasteiger partial charge < -0.3 is 21.1 Å². The zero-order chi connectivity index (χ0) is 18.4. The maximum atomic E-state index is 13.1. The second kappa shape index (κ2) is 8.26. The summed E-state index contributed by atoms with van der Waals surface area (Å²) < 4.78 is 39.2. The summed E-state index contributed by atoms with van der Waals surface area (Å²) in [7, 11) is 1.00. The summed E-state index contributed by atoms with van der Waals surface area (Å²) in [6, 6.07) is 1.04. The van der Waals surface area contributed by atoms with E-state index in [0.29, 0.717) is 18.7 Å². The molecule has 0 saturated carbocycles. The van der Waals surface area contributed by atoms with Crippen LogP contribution in [-0.4, -0.2) is 60.6 Å². The predicted molar refractivity (Wildman–Crippen MR) is 89.3 cm³/mol. The molecule has 7 nitrogen and oxygen atoms in total. The summed E-state index contributed by atoms with van der Waals surface area (Å²) in [6.45, 7) is 2.82. The number of aliphatic hydroxyl groups is 1. The third-order valence-corrected chi connectivity index (χ3v) is 3.80. The molecule has 2 saturated heterocycles. The monoisotopic (exact) mass is 358 g/mol. The van der Waals surface area contributed by atoms with Gasteiger partial charge in [-0.15, -0.1) is 0 Å². The van der Waals surface area contributed by atoms with Crippen molar-refractivity contribution in [1.82, 2.24) is 15.3 Å². The van der Waals surface area contributed by atoms with Crippen LogP contribution in [0, 0.1) is 0 Å². The van der Waals surface area contributed by atoms with Crippen molar-refractivity contribution in [2.24, 2.45) is 10.7 Å². The lowest BCUT2D eigenvalue weighted by molar-refractivity contribution is -0.141. The van der Waals surface area contributed by atoms with Crippen molar-refractivity contribution < 1.29 is 18.3 Å². The molecular weight excluding hydrogens is 337 g/mol. The molecule has 0 aliphatic carbocycles. The highest BCUT2D eigenvalue weighted by atomic mass is 19.4. The highest BCUT2D eigenvalue weighted by Crippen LogP contribution is 2.31. The Bertz CT molecular complexity index is 639. The number of hydrogen-bond donors (Lipinski definition) is 3. The second-order valence-electron chi connectivity index (χ2n) is 5.49. The first kappa shape index (κ1) is 19.1. The van der Waals surface area contributed by atoms with E-state index < -0.39 is 11.9 Å². The van der Waals surface area contributed by atoms with Gasteiger partial charge in [0.15, 0.2) is 5.69 Å². The van der Waals surface area contributed by atoms with E-state index >= 15 is 0 Å². The fourth-order valence-electron chi connectivity index (χ4n) is 2.14. The van der Waals surface area contributed by atoms with Gasteiger partial charge in [0.1, 0.15) is 0 Å². The van der Waals surface area contributed by atoms with E-state index in [1.807, 2.05) is 0 Å². The van der Waals surface area contributed by atoms with Crippen LogP contribution in [0.5, 0.6) is 0 Å². The largest absolute Gasteiger partial charge is 0.433 e. The summed E-state index contributed by atoms with van der Waals surface area (Å²) >= 11 is 0. The Morgan fingerprint density at radius 1 is 1.36 bits per heavy atom. The van der Waals surface area contributed by atoms with Crippen molar-refractivity contribution in [1.29, 1.82) is 0 Å². The van der Waals surface area contributed by atoms with Crippen molar-refractivity contribution >= 4 is 17.7 Å². The molecule has 1 aromatic heterocycles. The van der Waals surface area contributed by atoms with Crippen LogP contribution in [0.15, 0.2) is 17.3 Å². The van der Waals surface area contributed by atoms with Gasteiger partial charge in [-0.1, -0.05) is 0 Å². The van der Waals surface area contributed by atoms with Gasteiger partial charge in [0, 0.05) is 51.3 Å². The molecule has 3 rings (SSSR count). The minimum atomic E-state index is -4.54. The van der Waals surface area contributed by atoms with Gasteiger partial charge >= 0.3 is 6.18 Å². The highest BCUT2D eigenvalue weighted by molar-refractivity contribution is 6.09. The summed E-state index contributed by atoms with van der Waals surface area (Å²) in [6.07, 6.45) is -0.914. The zero-order valence-electron chi connectivity index (χ0n) is 13.8. The molecule has 0 spiro atoms. The summed E-state index contributed by atoms with van der Waals surface area (Å²) in [5.41, 5.74) is 5.07. The molecule has 10 heteroatoms. The molecule has 0 unspecified atom stereocenters. The third kappa shape index (κ3) is 4.67. The summed E-state index contributed by atoms with van der Waals surface area (Å²) in [5, 5.41) is 10.1. The normalized spacial score (nSPS) is 18.4. The molecule has 2 aliphatic heterocycles. The molecular formula is C15H21F3N6O. The Balaban J connectivity index is 0.00000109. The third-order valence-electron chi connectivity index (χ3n) is 3.80. The van der Waals surface area contributed by atoms with Crippen LogP contribution in [0.2, 0.25) is 0 Å². The average molecular weight is 358 g/mol. The molecule has 0 bridgehead atoms. The molecule has 0 aromatic carbocycles. The Labute approximate surface area is 143 Å². The number of nitrogens with zero attached hydrogens (tertiary/aromatic N) is 4. The van der Waals surface area contributed by atoms with Crippen LogP contribution < -0.4 is 16.0 Å². The molecule has 4 N–H and O–H groups in total. The van der Waals surface area contributed by atoms with Gasteiger partial charge in [0.2, 0.25) is 5.95 Å². The van der Waals surface area contributed by atoms with Crippen molar-refractivity contribution in [3.05, 3.63) is 23.7 Å². The van der Waals surface area contributed by atoms with Crippen LogP contribution >= 0.6 is 0 Å². The van der Waals surface area contributed by atoms with Crippen LogP contribution in [0.1, 0.15) is 17.8 Å². The van der Waals surface area contributed by atoms with Gasteiger partial charge in [0.25, 0.3) is 0 Å². The molecule has 3 heterocycles. The number of aliphatic imine (C=N–C) groups is 1. The van der Waals surface area contributed by atoms with E-state index in [4.69, 9.17) is 10.8 Å². The van der Waals surface area contributed by atoms with Crippen LogP contribution in [0.25, 0.3) is 5.57 Å². The van der Waals surface area contributed by atoms with E-state index in [1.165, 1.54) is 12.4 Å². The Morgan fingerprint density at radius 3 is 2.48 bits per heavy atom. The summed E-state index contributed by atoms with van der Waals surface area (Å²) in [5.74, 6) is 0.0825. The van der Waals surface area contributed by atoms with Crippen molar-refractivity contribution in [2.45, 2.75) is 18.6 Å². The topological polar surface area (TPSA) is 99.7 Å². The number of aromatic nitrogens is 2. The van der Waals surface area contributed by atoms with E-state index in [2.05, 4.69) is 20.3 Å². The maximum absolute atomic E-state index is 13.1. The number of alkyl halides is 3. The van der Waals surface area contributed by atoms with Crippen molar-refractivity contribution in [2.75, 3.05) is 38.2 Å². The van der Waals surface area contributed by atoms with Crippen molar-refractivity contribution in [3.8, 4) is 0 Å². The minimum Gasteiger partial charge on any atom is -0.404 e. The van der Waals surface area contributed by atoms with Crippen LogP contribution in [0.4, 0.5) is 19.1 Å². The average Bonchev–Trinajstić information content (AvgIpc) is 2.49. The molecule has 0 amide bonds. The quantitative estimate of drug-likeness (QED) is 0.684. The van der Waals surface area contributed by atoms with E-state index in [9.17, 15) is 13.2 Å². The highest BCUT2D eigenvalue weighted by Gasteiger charge is 2.35. The first-order valence-corrected chi connectivity index (χ1v) is 7.79. The molecule has 2 fully saturated rings. The molecule has 0 radical (unpaired) electrons. The first-order valence-electron chi connectivity index (χ1n) is 7.79. The lowest BCUT2D eigenvalue weighted by Gasteiger charge is -2.31. The first-order chi connectivity index (χ1) is 12.0. The van der Waals surface area contributed by atoms with Gasteiger partial charge in [-0.3, -0.25) is 4.99 Å². The second-order valence-corrected chi connectivity index (χ2v) is 5.49. The SMILES string of the molecule is CO.N/C=C(\C=NC1CNC1)c1cc(C(F)(F)F)nc(N2CCC2)n1. The number of allylic oxidation sites excluding steroid dienone is 1. The zero-order valence-corrected chi connectivity index (χ0v) is 13.8. The maximum Gasteiger partial charge on any atom is 0.433 e. The smallest absolute Gasteiger partial charge is 0.404 e. The number of aliphatic hydroxyl groups excluding tert-OH is 1. The number of anilines is 1. The van der Waals surface area contributed by atoms with Crippen LogP contribution in [0.3, 0.4) is 0 Å². The molecule has 2 aliphatic rings. The number of halogens is 3. The van der Waals surface area contributed by atoms with Gasteiger partial charge in [-0.25, -0.2) is 9.97 Å². The lowest BCUT2D eigenvalue weighted by atomic mass is 10.1. The molecule has 1 aromatic rings. The Morgan fingerprint density at radius 2 is 2.04 bits per heavy atom. The number of nitrogens with two attached hydrogens (primary N) is 1. The Hall–Kier alpha value is -2.20. The van der Waals surface area contributed by atoms with Crippen LogP contribution in [-0.2, 0) is 6.18 Å². The molecule has 138 valence electrons. The van der Waals surface area contributed by atoms with E-state index in [1.54, 1.807) is 4.90 Å². The standard InChI is InChI=1S/C14H17F3N6.CH4O/c15-14(16,17)12-4-11(21-13(22-12)23-2-1-3-23)9(5-18)6-20-10-7-19-8-10;1-2/h4-6,10,19H,1-3,7-8,18H2;2H,1H3/b9-5+,20-6?;. The fraction of sp³-hybridized carbons (Fsp3) is 0.533. The number of rotatable bonds is 4. The van der Waals surface area contributed by atoms with E-state index in [-0.39, 0.29) is 17.7 Å². The summed E-state index contributed by atoms with van der Waals surface area (Å²) in [4.78, 5) is 13.8. The van der Waals surface area contributed by atoms with Gasteiger partial charge in [-0.2, -0.15) is 13.2 Å². The van der Waals surface area contributed by atoms with Gasteiger partial charge in [0.05, 0.1) is 11.7 Å². The number of hydrogen-bond acceptors (Lipinski definition) is 7. The van der Waals surface area contributed by atoms with Crippen molar-refractivity contribution in [3.63, 3.8) is 0 Å². The molecule has 0 atom stereocenters. The lowest BCUT2D eigenvalue weighted by Crippen LogP contribution is -2.45. The number of nitrogens with one attached hydrogen (secondary N) is 1. The predicted octanol–water partition coefficient (Wildman–Crippen LogP) is 0.656. The Kier molecular flexibility index (Phi) is 6.32. The fourth-order valence-corrected chi connectivity index (χ4v) is 2.14. The molecule has 25 heavy (non-hydrogen) atoms.